The number of rotatable bonds is 6. The SMILES string of the molecule is CCS(=O)(=O)CCCN1CCCC1CCl. The average Bonchev–Trinajstić information content (AvgIpc) is 2.65. The quantitative estimate of drug-likeness (QED) is 0.674. The fourth-order valence-corrected chi connectivity index (χ4v) is 3.20. The molecule has 0 aliphatic carbocycles. The third-order valence-corrected chi connectivity index (χ3v) is 5.16. The van der Waals surface area contributed by atoms with Crippen LogP contribution in [0.4, 0.5) is 0 Å². The molecule has 0 radical (unpaired) electrons. The molecule has 1 aliphatic heterocycles. The number of hydrogen-bond donors (Lipinski definition) is 0. The second kappa shape index (κ2) is 6.06. The molecular formula is C10H20ClNO2S. The normalized spacial score (nSPS) is 23.5. The Morgan fingerprint density at radius 3 is 2.80 bits per heavy atom. The van der Waals surface area contributed by atoms with E-state index in [0.29, 0.717) is 17.7 Å². The van der Waals surface area contributed by atoms with Crippen molar-refractivity contribution in [3.63, 3.8) is 0 Å². The average molecular weight is 254 g/mol. The lowest BCUT2D eigenvalue weighted by molar-refractivity contribution is 0.272. The summed E-state index contributed by atoms with van der Waals surface area (Å²) in [5.41, 5.74) is 0. The summed E-state index contributed by atoms with van der Waals surface area (Å²) in [6.45, 7) is 3.65. The lowest BCUT2D eigenvalue weighted by Gasteiger charge is -2.22. The van der Waals surface area contributed by atoms with Crippen LogP contribution in [0.5, 0.6) is 0 Å². The first-order chi connectivity index (χ1) is 7.09. The second-order valence-electron chi connectivity index (χ2n) is 4.08. The van der Waals surface area contributed by atoms with Gasteiger partial charge in [0.25, 0.3) is 0 Å². The van der Waals surface area contributed by atoms with E-state index in [2.05, 4.69) is 4.90 Å². The number of nitrogens with zero attached hydrogens (tertiary/aromatic N) is 1. The lowest BCUT2D eigenvalue weighted by atomic mass is 10.2. The predicted octanol–water partition coefficient (Wildman–Crippen LogP) is 1.51. The van der Waals surface area contributed by atoms with Gasteiger partial charge >= 0.3 is 0 Å². The number of hydrogen-bond acceptors (Lipinski definition) is 3. The van der Waals surface area contributed by atoms with Gasteiger partial charge in [0, 0.05) is 17.7 Å². The Morgan fingerprint density at radius 2 is 2.20 bits per heavy atom. The number of alkyl halides is 1. The highest BCUT2D eigenvalue weighted by Crippen LogP contribution is 2.18. The van der Waals surface area contributed by atoms with Gasteiger partial charge in [-0.25, -0.2) is 8.42 Å². The van der Waals surface area contributed by atoms with Gasteiger partial charge in [0.05, 0.1) is 5.75 Å². The first kappa shape index (κ1) is 13.3. The largest absolute Gasteiger partial charge is 0.299 e. The zero-order chi connectivity index (χ0) is 11.3. The van der Waals surface area contributed by atoms with Gasteiger partial charge in [0.2, 0.25) is 0 Å². The minimum atomic E-state index is -2.80. The van der Waals surface area contributed by atoms with E-state index < -0.39 is 9.84 Å². The Balaban J connectivity index is 2.25. The first-order valence-corrected chi connectivity index (χ1v) is 7.95. The lowest BCUT2D eigenvalue weighted by Crippen LogP contribution is -2.32. The topological polar surface area (TPSA) is 37.4 Å². The van der Waals surface area contributed by atoms with Crippen LogP contribution in [-0.4, -0.2) is 49.8 Å². The summed E-state index contributed by atoms with van der Waals surface area (Å²) in [6, 6.07) is 0.469. The third-order valence-electron chi connectivity index (χ3n) is 3.02. The van der Waals surface area contributed by atoms with Gasteiger partial charge in [-0.2, -0.15) is 0 Å². The number of sulfone groups is 1. The molecule has 0 amide bonds. The zero-order valence-electron chi connectivity index (χ0n) is 9.28. The van der Waals surface area contributed by atoms with E-state index in [1.165, 1.54) is 6.42 Å². The molecule has 1 aliphatic rings. The van der Waals surface area contributed by atoms with Crippen molar-refractivity contribution < 1.29 is 8.42 Å². The monoisotopic (exact) mass is 253 g/mol. The van der Waals surface area contributed by atoms with Gasteiger partial charge in [0.1, 0.15) is 9.84 Å². The maximum absolute atomic E-state index is 11.3. The summed E-state index contributed by atoms with van der Waals surface area (Å²) in [5, 5.41) is 0. The van der Waals surface area contributed by atoms with E-state index in [1.807, 2.05) is 0 Å². The van der Waals surface area contributed by atoms with Gasteiger partial charge in [0.15, 0.2) is 0 Å². The van der Waals surface area contributed by atoms with Crippen LogP contribution < -0.4 is 0 Å². The van der Waals surface area contributed by atoms with Crippen molar-refractivity contribution in [2.75, 3.05) is 30.5 Å². The van der Waals surface area contributed by atoms with Crippen LogP contribution in [0.25, 0.3) is 0 Å². The van der Waals surface area contributed by atoms with Crippen molar-refractivity contribution in [3.05, 3.63) is 0 Å². The van der Waals surface area contributed by atoms with Gasteiger partial charge in [-0.3, -0.25) is 4.90 Å². The molecule has 1 atom stereocenters. The molecule has 0 bridgehead atoms. The van der Waals surface area contributed by atoms with E-state index in [9.17, 15) is 8.42 Å². The molecule has 1 unspecified atom stereocenters. The van der Waals surface area contributed by atoms with Crippen molar-refractivity contribution in [1.82, 2.24) is 4.90 Å². The summed E-state index contributed by atoms with van der Waals surface area (Å²) < 4.78 is 22.6. The Hall–Kier alpha value is 0.200. The second-order valence-corrected chi connectivity index (χ2v) is 6.86. The first-order valence-electron chi connectivity index (χ1n) is 5.59. The highest BCUT2D eigenvalue weighted by Gasteiger charge is 2.23. The van der Waals surface area contributed by atoms with E-state index >= 15 is 0 Å². The van der Waals surface area contributed by atoms with Gasteiger partial charge in [-0.15, -0.1) is 11.6 Å². The van der Waals surface area contributed by atoms with Gasteiger partial charge < -0.3 is 0 Å². The van der Waals surface area contributed by atoms with E-state index in [4.69, 9.17) is 11.6 Å². The zero-order valence-corrected chi connectivity index (χ0v) is 10.9. The van der Waals surface area contributed by atoms with Gasteiger partial charge in [-0.1, -0.05) is 6.92 Å². The van der Waals surface area contributed by atoms with Crippen molar-refractivity contribution in [1.29, 1.82) is 0 Å². The smallest absolute Gasteiger partial charge is 0.150 e. The molecular weight excluding hydrogens is 234 g/mol. The molecule has 5 heteroatoms. The van der Waals surface area contributed by atoms with Crippen LogP contribution in [0, 0.1) is 0 Å². The van der Waals surface area contributed by atoms with Crippen LogP contribution in [0.1, 0.15) is 26.2 Å². The van der Waals surface area contributed by atoms with Crippen LogP contribution >= 0.6 is 11.6 Å². The van der Waals surface area contributed by atoms with Crippen molar-refractivity contribution in [2.24, 2.45) is 0 Å². The molecule has 15 heavy (non-hydrogen) atoms. The molecule has 0 saturated carbocycles. The summed E-state index contributed by atoms with van der Waals surface area (Å²) >= 11 is 5.84. The molecule has 0 N–H and O–H groups in total. The van der Waals surface area contributed by atoms with E-state index in [-0.39, 0.29) is 5.75 Å². The van der Waals surface area contributed by atoms with Crippen molar-refractivity contribution in [3.8, 4) is 0 Å². The molecule has 3 nitrogen and oxygen atoms in total. The minimum absolute atomic E-state index is 0.256. The molecule has 0 spiro atoms. The molecule has 1 fully saturated rings. The molecule has 1 rings (SSSR count). The fraction of sp³-hybridized carbons (Fsp3) is 1.00. The highest BCUT2D eigenvalue weighted by atomic mass is 35.5. The summed E-state index contributed by atoms with van der Waals surface area (Å²) in [4.78, 5) is 2.32. The molecule has 0 aromatic rings. The number of likely N-dealkylation sites (tertiary alicyclic amines) is 1. The predicted molar refractivity (Wildman–Crippen MR) is 64.3 cm³/mol. The molecule has 1 heterocycles. The summed E-state index contributed by atoms with van der Waals surface area (Å²) in [5.74, 6) is 1.24. The van der Waals surface area contributed by atoms with Gasteiger partial charge in [-0.05, 0) is 32.4 Å². The Labute approximate surface area is 97.7 Å². The maximum Gasteiger partial charge on any atom is 0.150 e. The highest BCUT2D eigenvalue weighted by molar-refractivity contribution is 7.91. The third kappa shape index (κ3) is 4.29. The molecule has 0 aromatic heterocycles. The van der Waals surface area contributed by atoms with E-state index in [0.717, 1.165) is 25.9 Å². The van der Waals surface area contributed by atoms with E-state index in [1.54, 1.807) is 6.92 Å². The molecule has 90 valence electrons. The maximum atomic E-state index is 11.3. The van der Waals surface area contributed by atoms with Crippen molar-refractivity contribution in [2.45, 2.75) is 32.2 Å². The Bertz CT molecular complexity index is 279. The summed E-state index contributed by atoms with van der Waals surface area (Å²) in [6.07, 6.45) is 3.09. The van der Waals surface area contributed by atoms with Crippen molar-refractivity contribution >= 4 is 21.4 Å². The van der Waals surface area contributed by atoms with Crippen LogP contribution in [0.3, 0.4) is 0 Å². The fourth-order valence-electron chi connectivity index (χ4n) is 2.00. The number of halogens is 1. The summed E-state index contributed by atoms with van der Waals surface area (Å²) in [7, 11) is -2.80. The van der Waals surface area contributed by atoms with Crippen LogP contribution in [0.15, 0.2) is 0 Å². The van der Waals surface area contributed by atoms with Crippen LogP contribution in [0.2, 0.25) is 0 Å². The minimum Gasteiger partial charge on any atom is -0.299 e. The molecule has 0 aromatic carbocycles. The Morgan fingerprint density at radius 1 is 1.47 bits per heavy atom. The Kier molecular flexibility index (Phi) is 5.36. The standard InChI is InChI=1S/C10H20ClNO2S/c1-2-15(13,14)8-4-7-12-6-3-5-10(12)9-11/h10H,2-9H2,1H3. The molecule has 1 saturated heterocycles. The van der Waals surface area contributed by atoms with Crippen LogP contribution in [-0.2, 0) is 9.84 Å².